The number of hydrogen-bond acceptors (Lipinski definition) is 3. The number of carbonyl (C=O) groups excluding carboxylic acids is 2. The molecule has 0 atom stereocenters. The lowest BCUT2D eigenvalue weighted by Gasteiger charge is -2.14. The second kappa shape index (κ2) is 9.35. The van der Waals surface area contributed by atoms with Gasteiger partial charge in [-0.05, 0) is 71.6 Å². The van der Waals surface area contributed by atoms with Crippen molar-refractivity contribution in [3.05, 3.63) is 112 Å². The Morgan fingerprint density at radius 3 is 2.44 bits per heavy atom. The molecule has 1 aromatic heterocycles. The molecule has 34 heavy (non-hydrogen) atoms. The maximum absolute atomic E-state index is 13.2. The van der Waals surface area contributed by atoms with Crippen LogP contribution in [0.25, 0.3) is 16.8 Å². The minimum atomic E-state index is -0.225. The highest BCUT2D eigenvalue weighted by Crippen LogP contribution is 2.35. The van der Waals surface area contributed by atoms with Crippen LogP contribution in [0.4, 0.5) is 4.79 Å². The van der Waals surface area contributed by atoms with Gasteiger partial charge in [0.2, 0.25) is 0 Å². The molecule has 0 bridgehead atoms. The van der Waals surface area contributed by atoms with Crippen LogP contribution in [-0.4, -0.2) is 20.6 Å². The summed E-state index contributed by atoms with van der Waals surface area (Å²) in [6, 6.07) is 26.6. The molecule has 4 aromatic rings. The van der Waals surface area contributed by atoms with Crippen molar-refractivity contribution in [2.24, 2.45) is 0 Å². The Morgan fingerprint density at radius 2 is 1.62 bits per heavy atom. The number of rotatable bonds is 6. The van der Waals surface area contributed by atoms with Crippen molar-refractivity contribution in [2.75, 3.05) is 0 Å². The van der Waals surface area contributed by atoms with Crippen LogP contribution >= 0.6 is 11.8 Å². The number of nitrogens with zero attached hydrogens (tertiary/aromatic N) is 2. The molecule has 2 amide bonds. The molecular weight excluding hydrogens is 440 g/mol. The van der Waals surface area contributed by atoms with Crippen LogP contribution in [0.1, 0.15) is 28.1 Å². The number of carbonyl (C=O) groups is 2. The molecule has 0 radical (unpaired) electrons. The summed E-state index contributed by atoms with van der Waals surface area (Å²) in [6.07, 6.45) is 2.81. The molecule has 3 aromatic carbocycles. The minimum absolute atomic E-state index is 0.220. The second-order valence-corrected chi connectivity index (χ2v) is 9.61. The first-order chi connectivity index (χ1) is 16.5. The zero-order valence-corrected chi connectivity index (χ0v) is 20.1. The predicted molar refractivity (Wildman–Crippen MR) is 140 cm³/mol. The van der Waals surface area contributed by atoms with E-state index in [1.807, 2.05) is 54.6 Å². The van der Waals surface area contributed by atoms with Crippen LogP contribution in [0.2, 0.25) is 0 Å². The van der Waals surface area contributed by atoms with Crippen molar-refractivity contribution in [3.63, 3.8) is 0 Å². The molecule has 0 saturated carbocycles. The van der Waals surface area contributed by atoms with Gasteiger partial charge in [-0.1, -0.05) is 72.8 Å². The van der Waals surface area contributed by atoms with Gasteiger partial charge in [-0.3, -0.25) is 14.5 Å². The summed E-state index contributed by atoms with van der Waals surface area (Å²) in [7, 11) is 0. The van der Waals surface area contributed by atoms with Crippen molar-refractivity contribution < 1.29 is 9.59 Å². The molecule has 4 nitrogen and oxygen atoms in total. The average molecular weight is 467 g/mol. The third-order valence-corrected chi connectivity index (χ3v) is 7.36. The van der Waals surface area contributed by atoms with E-state index in [-0.39, 0.29) is 17.7 Å². The smallest absolute Gasteiger partial charge is 0.293 e. The standard InChI is InChI=1S/C29H26N2O2S/c1-20-17-25(21(2)30(20)16-15-22-9-4-3-5-10-22)18-27-28(32)31(29(33)34-27)19-24-13-8-12-23-11-6-7-14-26(23)24/h3-14,17-18H,15-16,19H2,1-2H3/b27-18-. The molecule has 0 aliphatic carbocycles. The Bertz CT molecular complexity index is 1410. The van der Waals surface area contributed by atoms with Gasteiger partial charge in [-0.25, -0.2) is 0 Å². The number of fused-ring (bicyclic) bond motifs is 1. The van der Waals surface area contributed by atoms with E-state index in [1.165, 1.54) is 10.5 Å². The minimum Gasteiger partial charge on any atom is -0.348 e. The van der Waals surface area contributed by atoms with Crippen LogP contribution < -0.4 is 0 Å². The van der Waals surface area contributed by atoms with Gasteiger partial charge in [0.25, 0.3) is 11.1 Å². The van der Waals surface area contributed by atoms with Crippen LogP contribution in [0.5, 0.6) is 0 Å². The van der Waals surface area contributed by atoms with E-state index in [4.69, 9.17) is 0 Å². The first kappa shape index (κ1) is 22.2. The van der Waals surface area contributed by atoms with Crippen LogP contribution in [-0.2, 0) is 24.3 Å². The van der Waals surface area contributed by atoms with Crippen molar-refractivity contribution in [1.29, 1.82) is 0 Å². The summed E-state index contributed by atoms with van der Waals surface area (Å²) >= 11 is 1.02. The summed E-state index contributed by atoms with van der Waals surface area (Å²) in [6.45, 7) is 5.31. The molecule has 5 heteroatoms. The summed E-state index contributed by atoms with van der Waals surface area (Å²) in [5, 5.41) is 1.95. The van der Waals surface area contributed by atoms with Gasteiger partial charge in [-0.2, -0.15) is 0 Å². The molecule has 2 heterocycles. The first-order valence-corrected chi connectivity index (χ1v) is 12.3. The maximum Gasteiger partial charge on any atom is 0.293 e. The number of hydrogen-bond donors (Lipinski definition) is 0. The fourth-order valence-electron chi connectivity index (χ4n) is 4.58. The molecule has 5 rings (SSSR count). The fourth-order valence-corrected chi connectivity index (χ4v) is 5.41. The van der Waals surface area contributed by atoms with E-state index in [2.05, 4.69) is 48.7 Å². The van der Waals surface area contributed by atoms with E-state index in [1.54, 1.807) is 0 Å². The first-order valence-electron chi connectivity index (χ1n) is 11.4. The number of amides is 2. The topological polar surface area (TPSA) is 42.3 Å². The summed E-state index contributed by atoms with van der Waals surface area (Å²) in [5.41, 5.74) is 5.51. The lowest BCUT2D eigenvalue weighted by Crippen LogP contribution is -2.27. The second-order valence-electron chi connectivity index (χ2n) is 8.62. The van der Waals surface area contributed by atoms with Crippen LogP contribution in [0, 0.1) is 13.8 Å². The van der Waals surface area contributed by atoms with E-state index in [9.17, 15) is 9.59 Å². The van der Waals surface area contributed by atoms with Crippen molar-refractivity contribution >= 4 is 39.8 Å². The molecule has 1 aliphatic rings. The van der Waals surface area contributed by atoms with Gasteiger partial charge in [0.05, 0.1) is 11.4 Å². The molecule has 0 spiro atoms. The Balaban J connectivity index is 1.36. The third kappa shape index (κ3) is 4.31. The molecule has 1 fully saturated rings. The van der Waals surface area contributed by atoms with Crippen molar-refractivity contribution in [2.45, 2.75) is 33.4 Å². The van der Waals surface area contributed by atoms with Crippen molar-refractivity contribution in [3.8, 4) is 0 Å². The van der Waals surface area contributed by atoms with E-state index < -0.39 is 0 Å². The lowest BCUT2D eigenvalue weighted by atomic mass is 10.0. The highest BCUT2D eigenvalue weighted by molar-refractivity contribution is 8.18. The lowest BCUT2D eigenvalue weighted by molar-refractivity contribution is -0.123. The predicted octanol–water partition coefficient (Wildman–Crippen LogP) is 6.74. The van der Waals surface area contributed by atoms with Gasteiger partial charge >= 0.3 is 0 Å². The van der Waals surface area contributed by atoms with Gasteiger partial charge in [0.15, 0.2) is 0 Å². The highest BCUT2D eigenvalue weighted by Gasteiger charge is 2.35. The van der Waals surface area contributed by atoms with Gasteiger partial charge < -0.3 is 4.57 Å². The number of thioether (sulfide) groups is 1. The van der Waals surface area contributed by atoms with E-state index in [0.29, 0.717) is 4.91 Å². The monoisotopic (exact) mass is 466 g/mol. The molecule has 0 N–H and O–H groups in total. The van der Waals surface area contributed by atoms with Gasteiger partial charge in [0, 0.05) is 17.9 Å². The summed E-state index contributed by atoms with van der Waals surface area (Å²) in [5.74, 6) is -0.225. The Labute approximate surface area is 203 Å². The molecule has 1 aliphatic heterocycles. The fraction of sp³-hybridized carbons (Fsp3) is 0.172. The van der Waals surface area contributed by atoms with Crippen molar-refractivity contribution in [1.82, 2.24) is 9.47 Å². The number of aryl methyl sites for hydroxylation is 2. The Morgan fingerprint density at radius 1 is 0.882 bits per heavy atom. The third-order valence-electron chi connectivity index (χ3n) is 6.45. The zero-order chi connectivity index (χ0) is 23.7. The summed E-state index contributed by atoms with van der Waals surface area (Å²) < 4.78 is 2.28. The highest BCUT2D eigenvalue weighted by atomic mass is 32.2. The quantitative estimate of drug-likeness (QED) is 0.296. The average Bonchev–Trinajstić information content (AvgIpc) is 3.27. The van der Waals surface area contributed by atoms with Gasteiger partial charge in [0.1, 0.15) is 0 Å². The SMILES string of the molecule is Cc1cc(/C=C2\SC(=O)N(Cc3cccc4ccccc34)C2=O)c(C)n1CCc1ccccc1. The normalized spacial score (nSPS) is 15.1. The van der Waals surface area contributed by atoms with E-state index in [0.717, 1.165) is 58.0 Å². The van der Waals surface area contributed by atoms with Gasteiger partial charge in [-0.15, -0.1) is 0 Å². The molecular formula is C29H26N2O2S. The Kier molecular flexibility index (Phi) is 6.12. The van der Waals surface area contributed by atoms with Crippen LogP contribution in [0.15, 0.2) is 83.8 Å². The zero-order valence-electron chi connectivity index (χ0n) is 19.3. The largest absolute Gasteiger partial charge is 0.348 e. The number of benzene rings is 3. The van der Waals surface area contributed by atoms with Crippen LogP contribution in [0.3, 0.4) is 0 Å². The summed E-state index contributed by atoms with van der Waals surface area (Å²) in [4.78, 5) is 27.8. The maximum atomic E-state index is 13.2. The molecule has 1 saturated heterocycles. The van der Waals surface area contributed by atoms with E-state index >= 15 is 0 Å². The molecule has 0 unspecified atom stereocenters. The number of imide groups is 1. The number of aromatic nitrogens is 1. The molecule has 170 valence electrons. The Hall–Kier alpha value is -3.57.